The lowest BCUT2D eigenvalue weighted by atomic mass is 9.95. The highest BCUT2D eigenvalue weighted by atomic mass is 16.5. The van der Waals surface area contributed by atoms with Crippen molar-refractivity contribution in [2.24, 2.45) is 5.92 Å². The van der Waals surface area contributed by atoms with Crippen molar-refractivity contribution in [3.8, 4) is 0 Å². The molecule has 4 heteroatoms. The summed E-state index contributed by atoms with van der Waals surface area (Å²) in [6, 6.07) is 1.29. The summed E-state index contributed by atoms with van der Waals surface area (Å²) in [6.45, 7) is 10.1. The van der Waals surface area contributed by atoms with Gasteiger partial charge in [-0.25, -0.2) is 0 Å². The molecule has 2 fully saturated rings. The molecule has 1 N–H and O–H groups in total. The van der Waals surface area contributed by atoms with E-state index in [1.54, 1.807) is 0 Å². The second kappa shape index (κ2) is 7.02. The molecule has 2 rings (SSSR count). The maximum Gasteiger partial charge on any atom is 0.0612 e. The molecule has 2 aliphatic rings. The molecule has 4 nitrogen and oxygen atoms in total. The van der Waals surface area contributed by atoms with Crippen LogP contribution in [0.15, 0.2) is 0 Å². The Morgan fingerprint density at radius 2 is 2.05 bits per heavy atom. The number of likely N-dealkylation sites (N-methyl/N-ethyl adjacent to an activating group) is 2. The summed E-state index contributed by atoms with van der Waals surface area (Å²) in [5.41, 5.74) is 0. The van der Waals surface area contributed by atoms with E-state index in [4.69, 9.17) is 4.74 Å². The molecule has 0 saturated carbocycles. The van der Waals surface area contributed by atoms with Crippen LogP contribution in [0, 0.1) is 5.92 Å². The van der Waals surface area contributed by atoms with Gasteiger partial charge in [0.25, 0.3) is 0 Å². The molecule has 19 heavy (non-hydrogen) atoms. The number of ether oxygens (including phenoxy) is 1. The summed E-state index contributed by atoms with van der Waals surface area (Å²) in [5.74, 6) is 0.632. The molecule has 2 aliphatic heterocycles. The van der Waals surface area contributed by atoms with Crippen LogP contribution in [-0.2, 0) is 4.74 Å². The standard InChI is InChI=1S/C15H31N3O/c1-12(2)15-9-13(5-8-19-15)16-10-14-11-17(3)6-7-18(14)4/h12-16H,5-11H2,1-4H3. The SMILES string of the molecule is CC(C)C1CC(NCC2CN(C)CCN2C)CCO1. The number of hydrogen-bond donors (Lipinski definition) is 1. The molecule has 0 bridgehead atoms. The van der Waals surface area contributed by atoms with Gasteiger partial charge >= 0.3 is 0 Å². The summed E-state index contributed by atoms with van der Waals surface area (Å²) in [4.78, 5) is 4.93. The van der Waals surface area contributed by atoms with Gasteiger partial charge in [-0.15, -0.1) is 0 Å². The maximum absolute atomic E-state index is 5.84. The summed E-state index contributed by atoms with van der Waals surface area (Å²) < 4.78 is 5.84. The van der Waals surface area contributed by atoms with Crippen molar-refractivity contribution in [3.63, 3.8) is 0 Å². The topological polar surface area (TPSA) is 27.7 Å². The van der Waals surface area contributed by atoms with Crippen molar-refractivity contribution in [3.05, 3.63) is 0 Å². The third-order valence-corrected chi connectivity index (χ3v) is 4.68. The largest absolute Gasteiger partial charge is 0.378 e. The van der Waals surface area contributed by atoms with E-state index in [1.165, 1.54) is 26.1 Å². The minimum atomic E-state index is 0.443. The first kappa shape index (κ1) is 15.2. The highest BCUT2D eigenvalue weighted by molar-refractivity contribution is 4.84. The Kier molecular flexibility index (Phi) is 5.63. The summed E-state index contributed by atoms with van der Waals surface area (Å²) in [7, 11) is 4.48. The van der Waals surface area contributed by atoms with E-state index >= 15 is 0 Å². The fourth-order valence-electron chi connectivity index (χ4n) is 3.10. The van der Waals surface area contributed by atoms with Gasteiger partial charge in [-0.05, 0) is 32.9 Å². The zero-order chi connectivity index (χ0) is 13.8. The Labute approximate surface area is 118 Å². The fourth-order valence-corrected chi connectivity index (χ4v) is 3.10. The molecule has 0 aliphatic carbocycles. The Morgan fingerprint density at radius 1 is 1.26 bits per heavy atom. The first-order valence-corrected chi connectivity index (χ1v) is 7.80. The number of nitrogens with one attached hydrogen (secondary N) is 1. The Bertz CT molecular complexity index is 272. The van der Waals surface area contributed by atoms with Crippen LogP contribution in [-0.4, -0.2) is 74.9 Å². The van der Waals surface area contributed by atoms with E-state index in [-0.39, 0.29) is 0 Å². The van der Waals surface area contributed by atoms with Gasteiger partial charge in [-0.3, -0.25) is 4.90 Å². The van der Waals surface area contributed by atoms with Crippen molar-refractivity contribution < 1.29 is 4.74 Å². The minimum Gasteiger partial charge on any atom is -0.378 e. The first-order valence-electron chi connectivity index (χ1n) is 7.80. The maximum atomic E-state index is 5.84. The Balaban J connectivity index is 1.75. The monoisotopic (exact) mass is 269 g/mol. The average molecular weight is 269 g/mol. The van der Waals surface area contributed by atoms with Crippen LogP contribution in [0.3, 0.4) is 0 Å². The molecule has 0 spiro atoms. The van der Waals surface area contributed by atoms with Gasteiger partial charge in [0.1, 0.15) is 0 Å². The number of rotatable bonds is 4. The van der Waals surface area contributed by atoms with E-state index in [0.717, 1.165) is 19.6 Å². The number of hydrogen-bond acceptors (Lipinski definition) is 4. The molecule has 2 heterocycles. The molecule has 3 atom stereocenters. The molecular weight excluding hydrogens is 238 g/mol. The van der Waals surface area contributed by atoms with E-state index in [0.29, 0.717) is 24.1 Å². The predicted octanol–water partition coefficient (Wildman–Crippen LogP) is 1.03. The lowest BCUT2D eigenvalue weighted by Gasteiger charge is -2.39. The molecule has 0 aromatic rings. The van der Waals surface area contributed by atoms with Crippen LogP contribution < -0.4 is 5.32 Å². The molecule has 0 aromatic carbocycles. The van der Waals surface area contributed by atoms with Crippen molar-refractivity contribution in [1.29, 1.82) is 0 Å². The van der Waals surface area contributed by atoms with Crippen LogP contribution in [0.25, 0.3) is 0 Å². The summed E-state index contributed by atoms with van der Waals surface area (Å²) in [5, 5.41) is 3.78. The molecular formula is C15H31N3O. The van der Waals surface area contributed by atoms with Gasteiger partial charge in [0.05, 0.1) is 6.10 Å². The third-order valence-electron chi connectivity index (χ3n) is 4.68. The van der Waals surface area contributed by atoms with Gasteiger partial charge in [0.15, 0.2) is 0 Å². The van der Waals surface area contributed by atoms with Crippen LogP contribution in [0.1, 0.15) is 26.7 Å². The van der Waals surface area contributed by atoms with Crippen LogP contribution in [0.2, 0.25) is 0 Å². The Hall–Kier alpha value is -0.160. The molecule has 112 valence electrons. The quantitative estimate of drug-likeness (QED) is 0.825. The zero-order valence-corrected chi connectivity index (χ0v) is 13.1. The summed E-state index contributed by atoms with van der Waals surface area (Å²) in [6.07, 6.45) is 2.78. The smallest absolute Gasteiger partial charge is 0.0612 e. The first-order chi connectivity index (χ1) is 9.06. The molecule has 0 aromatic heterocycles. The lowest BCUT2D eigenvalue weighted by molar-refractivity contribution is -0.0256. The average Bonchev–Trinajstić information content (AvgIpc) is 2.40. The van der Waals surface area contributed by atoms with Crippen molar-refractivity contribution in [1.82, 2.24) is 15.1 Å². The highest BCUT2D eigenvalue weighted by Crippen LogP contribution is 2.20. The second-order valence-electron chi connectivity index (χ2n) is 6.68. The van der Waals surface area contributed by atoms with Crippen LogP contribution in [0.5, 0.6) is 0 Å². The van der Waals surface area contributed by atoms with E-state index < -0.39 is 0 Å². The molecule has 0 radical (unpaired) electrons. The highest BCUT2D eigenvalue weighted by Gasteiger charge is 2.27. The van der Waals surface area contributed by atoms with Gasteiger partial charge in [-0.2, -0.15) is 0 Å². The van der Waals surface area contributed by atoms with E-state index in [1.807, 2.05) is 0 Å². The van der Waals surface area contributed by atoms with Gasteiger partial charge in [0.2, 0.25) is 0 Å². The van der Waals surface area contributed by atoms with Gasteiger partial charge in [0, 0.05) is 44.9 Å². The third kappa shape index (κ3) is 4.42. The lowest BCUT2D eigenvalue weighted by Crippen LogP contribution is -2.55. The van der Waals surface area contributed by atoms with Crippen LogP contribution in [0.4, 0.5) is 0 Å². The van der Waals surface area contributed by atoms with Crippen molar-refractivity contribution in [2.75, 3.05) is 46.9 Å². The number of piperazine rings is 1. The van der Waals surface area contributed by atoms with Gasteiger partial charge < -0.3 is 15.0 Å². The Morgan fingerprint density at radius 3 is 2.79 bits per heavy atom. The van der Waals surface area contributed by atoms with Crippen molar-refractivity contribution in [2.45, 2.75) is 44.9 Å². The second-order valence-corrected chi connectivity index (χ2v) is 6.68. The minimum absolute atomic E-state index is 0.443. The predicted molar refractivity (Wildman–Crippen MR) is 79.5 cm³/mol. The zero-order valence-electron chi connectivity index (χ0n) is 13.1. The molecule has 0 amide bonds. The van der Waals surface area contributed by atoms with E-state index in [2.05, 4.69) is 43.1 Å². The van der Waals surface area contributed by atoms with Gasteiger partial charge in [-0.1, -0.05) is 13.8 Å². The van der Waals surface area contributed by atoms with Crippen LogP contribution >= 0.6 is 0 Å². The molecule has 3 unspecified atom stereocenters. The number of nitrogens with zero attached hydrogens (tertiary/aromatic N) is 2. The fraction of sp³-hybridized carbons (Fsp3) is 1.00. The molecule has 2 saturated heterocycles. The van der Waals surface area contributed by atoms with E-state index in [9.17, 15) is 0 Å². The normalized spacial score (nSPS) is 34.9. The van der Waals surface area contributed by atoms with Crippen molar-refractivity contribution >= 4 is 0 Å². The summed E-state index contributed by atoms with van der Waals surface area (Å²) >= 11 is 0.